The van der Waals surface area contributed by atoms with Gasteiger partial charge in [0.2, 0.25) is 5.91 Å². The monoisotopic (exact) mass is 509 g/mol. The lowest BCUT2D eigenvalue weighted by molar-refractivity contribution is -0.137. The highest BCUT2D eigenvalue weighted by Crippen LogP contribution is 2.30. The van der Waals surface area contributed by atoms with Crippen molar-refractivity contribution in [1.29, 1.82) is 0 Å². The fourth-order valence-corrected chi connectivity index (χ4v) is 4.60. The Morgan fingerprint density at radius 2 is 1.74 bits per heavy atom. The zero-order valence-corrected chi connectivity index (χ0v) is 19.8. The summed E-state index contributed by atoms with van der Waals surface area (Å²) in [6.07, 6.45) is 0.961. The molecule has 0 unspecified atom stereocenters. The first-order valence-corrected chi connectivity index (χ1v) is 11.7. The zero-order valence-electron chi connectivity index (χ0n) is 18.3. The molecule has 1 fully saturated rings. The number of benzene rings is 2. The summed E-state index contributed by atoms with van der Waals surface area (Å²) in [7, 11) is 0. The molecule has 2 heterocycles. The summed E-state index contributed by atoms with van der Waals surface area (Å²) >= 11 is 12.1. The number of aromatic nitrogens is 1. The van der Waals surface area contributed by atoms with Gasteiger partial charge in [0.1, 0.15) is 0 Å². The van der Waals surface area contributed by atoms with Crippen LogP contribution in [-0.2, 0) is 24.1 Å². The third kappa shape index (κ3) is 6.14. The van der Waals surface area contributed by atoms with E-state index in [1.54, 1.807) is 12.1 Å². The number of amides is 1. The molecule has 2 aromatic carbocycles. The van der Waals surface area contributed by atoms with Crippen LogP contribution in [0.25, 0.3) is 5.69 Å². The number of hydrogen-bond donors (Lipinski definition) is 1. The molecule has 180 valence electrons. The van der Waals surface area contributed by atoms with Gasteiger partial charge in [-0.25, -0.2) is 0 Å². The average molecular weight is 510 g/mol. The predicted octanol–water partition coefficient (Wildman–Crippen LogP) is 6.33. The molecule has 0 aliphatic carbocycles. The molecule has 1 aliphatic heterocycles. The number of nitrogens with zero attached hydrogens (tertiary/aromatic N) is 2. The smallest absolute Gasteiger partial charge is 0.352 e. The Hall–Kier alpha value is -2.48. The van der Waals surface area contributed by atoms with Crippen molar-refractivity contribution < 1.29 is 18.0 Å². The van der Waals surface area contributed by atoms with E-state index in [1.807, 2.05) is 29.1 Å². The molecule has 3 aromatic rings. The molecular weight excluding hydrogens is 486 g/mol. The van der Waals surface area contributed by atoms with E-state index in [1.165, 1.54) is 12.1 Å². The van der Waals surface area contributed by atoms with Gasteiger partial charge in [-0.1, -0.05) is 29.3 Å². The Balaban J connectivity index is 1.26. The Bertz CT molecular complexity index is 1140. The van der Waals surface area contributed by atoms with Gasteiger partial charge in [-0.15, -0.1) is 0 Å². The van der Waals surface area contributed by atoms with Gasteiger partial charge in [0.15, 0.2) is 0 Å². The van der Waals surface area contributed by atoms with Crippen LogP contribution in [0.2, 0.25) is 10.0 Å². The van der Waals surface area contributed by atoms with Crippen LogP contribution in [0, 0.1) is 5.92 Å². The molecule has 1 saturated heterocycles. The second-order valence-corrected chi connectivity index (χ2v) is 9.32. The summed E-state index contributed by atoms with van der Waals surface area (Å²) in [5.41, 5.74) is 1.91. The number of hydrogen-bond acceptors (Lipinski definition) is 2. The number of nitrogens with one attached hydrogen (secondary N) is 1. The molecule has 0 bridgehead atoms. The van der Waals surface area contributed by atoms with E-state index >= 15 is 0 Å². The van der Waals surface area contributed by atoms with Crippen LogP contribution in [0.15, 0.2) is 60.9 Å². The summed E-state index contributed by atoms with van der Waals surface area (Å²) < 4.78 is 40.1. The highest BCUT2D eigenvalue weighted by molar-refractivity contribution is 6.35. The minimum atomic E-state index is -4.34. The molecule has 9 heteroatoms. The number of piperidine rings is 1. The van der Waals surface area contributed by atoms with Gasteiger partial charge in [0, 0.05) is 47.1 Å². The molecule has 1 amide bonds. The second-order valence-electron chi connectivity index (χ2n) is 8.48. The Morgan fingerprint density at radius 3 is 2.38 bits per heavy atom. The summed E-state index contributed by atoms with van der Waals surface area (Å²) in [4.78, 5) is 14.9. The van der Waals surface area contributed by atoms with E-state index in [0.717, 1.165) is 55.7 Å². The highest BCUT2D eigenvalue weighted by atomic mass is 35.5. The van der Waals surface area contributed by atoms with E-state index < -0.39 is 11.7 Å². The lowest BCUT2D eigenvalue weighted by atomic mass is 9.95. The van der Waals surface area contributed by atoms with Crippen LogP contribution < -0.4 is 5.32 Å². The number of halogens is 5. The lowest BCUT2D eigenvalue weighted by Crippen LogP contribution is -2.40. The quantitative estimate of drug-likeness (QED) is 0.421. The zero-order chi connectivity index (χ0) is 24.3. The van der Waals surface area contributed by atoms with Gasteiger partial charge in [-0.05, 0) is 79.5 Å². The van der Waals surface area contributed by atoms with E-state index in [-0.39, 0.29) is 11.8 Å². The normalized spacial score (nSPS) is 15.4. The van der Waals surface area contributed by atoms with Gasteiger partial charge in [0.05, 0.1) is 5.56 Å². The maximum absolute atomic E-state index is 12.8. The van der Waals surface area contributed by atoms with Crippen molar-refractivity contribution in [2.24, 2.45) is 5.92 Å². The van der Waals surface area contributed by atoms with E-state index in [4.69, 9.17) is 23.2 Å². The minimum Gasteiger partial charge on any atom is -0.352 e. The van der Waals surface area contributed by atoms with Gasteiger partial charge in [0.25, 0.3) is 0 Å². The molecule has 1 N–H and O–H groups in total. The van der Waals surface area contributed by atoms with E-state index in [0.29, 0.717) is 22.3 Å². The van der Waals surface area contributed by atoms with Crippen LogP contribution in [-0.4, -0.2) is 28.5 Å². The first-order valence-electron chi connectivity index (χ1n) is 11.0. The number of likely N-dealkylation sites (tertiary alicyclic amines) is 1. The summed E-state index contributed by atoms with van der Waals surface area (Å²) in [5.74, 6) is -0.0156. The second kappa shape index (κ2) is 10.4. The summed E-state index contributed by atoms with van der Waals surface area (Å²) in [6.45, 7) is 2.69. The molecule has 0 radical (unpaired) electrons. The van der Waals surface area contributed by atoms with Gasteiger partial charge in [-0.3, -0.25) is 9.69 Å². The van der Waals surface area contributed by atoms with Crippen molar-refractivity contribution in [3.63, 3.8) is 0 Å². The molecule has 0 saturated carbocycles. The average Bonchev–Trinajstić information content (AvgIpc) is 3.27. The molecule has 1 aliphatic rings. The Morgan fingerprint density at radius 1 is 1.03 bits per heavy atom. The van der Waals surface area contributed by atoms with E-state index in [2.05, 4.69) is 10.2 Å². The molecule has 1 aromatic heterocycles. The predicted molar refractivity (Wildman–Crippen MR) is 127 cm³/mol. The standard InChI is InChI=1S/C25H24Cl2F3N3O/c26-21-4-1-19(23(27)13-21)14-31-24(34)18-8-10-32(11-9-18)15-17-7-12-33(16-17)22-5-2-20(3-6-22)25(28,29)30/h1-7,12-13,16,18H,8-11,14-15H2,(H,31,34). The number of alkyl halides is 3. The summed E-state index contributed by atoms with van der Waals surface area (Å²) in [5, 5.41) is 4.06. The van der Waals surface area contributed by atoms with Crippen molar-refractivity contribution >= 4 is 29.1 Å². The van der Waals surface area contributed by atoms with Crippen LogP contribution in [0.3, 0.4) is 0 Å². The van der Waals surface area contributed by atoms with Crippen LogP contribution >= 0.6 is 23.2 Å². The van der Waals surface area contributed by atoms with Crippen LogP contribution in [0.5, 0.6) is 0 Å². The third-order valence-corrected chi connectivity index (χ3v) is 6.67. The minimum absolute atomic E-state index is 0.0270. The van der Waals surface area contributed by atoms with Gasteiger partial charge >= 0.3 is 6.18 Å². The van der Waals surface area contributed by atoms with Crippen molar-refractivity contribution in [2.45, 2.75) is 32.1 Å². The number of carbonyl (C=O) groups excluding carboxylic acids is 1. The SMILES string of the molecule is O=C(NCc1ccc(Cl)cc1Cl)C1CCN(Cc2ccn(-c3ccc(C(F)(F)F)cc3)c2)CC1. The first kappa shape index (κ1) is 24.6. The summed E-state index contributed by atoms with van der Waals surface area (Å²) in [6, 6.07) is 12.3. The molecule has 4 nitrogen and oxygen atoms in total. The molecule has 0 atom stereocenters. The fourth-order valence-electron chi connectivity index (χ4n) is 4.12. The largest absolute Gasteiger partial charge is 0.416 e. The fraction of sp³-hybridized carbons (Fsp3) is 0.320. The molecule has 34 heavy (non-hydrogen) atoms. The van der Waals surface area contributed by atoms with Crippen molar-refractivity contribution in [3.8, 4) is 5.69 Å². The maximum Gasteiger partial charge on any atom is 0.416 e. The van der Waals surface area contributed by atoms with Crippen molar-refractivity contribution in [3.05, 3.63) is 87.7 Å². The van der Waals surface area contributed by atoms with Gasteiger partial charge < -0.3 is 9.88 Å². The van der Waals surface area contributed by atoms with Crippen molar-refractivity contribution in [2.75, 3.05) is 13.1 Å². The maximum atomic E-state index is 12.8. The Labute approximate surface area is 206 Å². The number of carbonyl (C=O) groups is 1. The molecular formula is C25H24Cl2F3N3O. The Kier molecular flexibility index (Phi) is 7.55. The topological polar surface area (TPSA) is 37.3 Å². The molecule has 0 spiro atoms. The van der Waals surface area contributed by atoms with Gasteiger partial charge in [-0.2, -0.15) is 13.2 Å². The lowest BCUT2D eigenvalue weighted by Gasteiger charge is -2.31. The van der Waals surface area contributed by atoms with E-state index in [9.17, 15) is 18.0 Å². The first-order chi connectivity index (χ1) is 16.2. The third-order valence-electron chi connectivity index (χ3n) is 6.08. The molecule has 4 rings (SSSR count). The van der Waals surface area contributed by atoms with Crippen LogP contribution in [0.1, 0.15) is 29.5 Å². The number of rotatable bonds is 6. The van der Waals surface area contributed by atoms with Crippen molar-refractivity contribution in [1.82, 2.24) is 14.8 Å². The highest BCUT2D eigenvalue weighted by Gasteiger charge is 2.30. The van der Waals surface area contributed by atoms with Crippen LogP contribution in [0.4, 0.5) is 13.2 Å².